The van der Waals surface area contributed by atoms with Gasteiger partial charge in [-0.15, -0.1) is 0 Å². The average molecular weight is 194 g/mol. The van der Waals surface area contributed by atoms with Gasteiger partial charge in [-0.25, -0.2) is 8.42 Å². The molecule has 0 heterocycles. The zero-order valence-corrected chi connectivity index (χ0v) is 7.25. The van der Waals surface area contributed by atoms with Crippen LogP contribution in [0.3, 0.4) is 0 Å². The molecule has 0 saturated carbocycles. The molecule has 60 valence electrons. The minimum atomic E-state index is -4.13. The fraction of sp³-hybridized carbons (Fsp3) is 0.143. The highest BCUT2D eigenvalue weighted by Crippen LogP contribution is 2.14. The molecule has 1 aromatic rings. The second-order valence-electron chi connectivity index (χ2n) is 1.99. The first kappa shape index (κ1) is 5.17. The van der Waals surface area contributed by atoms with E-state index >= 15 is 0 Å². The summed E-state index contributed by atoms with van der Waals surface area (Å²) in [5.74, 6) is 0. The summed E-state index contributed by atoms with van der Waals surface area (Å²) in [5, 5.41) is 0. The average Bonchev–Trinajstić information content (AvgIpc) is 1.97. The molecule has 1 aromatic carbocycles. The first-order chi connectivity index (χ1) is 6.25. The third-order valence-electron chi connectivity index (χ3n) is 1.04. The Hall–Kier alpha value is -0.540. The highest BCUT2D eigenvalue weighted by molar-refractivity contribution is 8.13. The Morgan fingerprint density at radius 3 is 2.64 bits per heavy atom. The van der Waals surface area contributed by atoms with E-state index in [1.54, 1.807) is 0 Å². The second kappa shape index (κ2) is 2.83. The van der Waals surface area contributed by atoms with Gasteiger partial charge in [0.05, 0.1) is 9.01 Å². The summed E-state index contributed by atoms with van der Waals surface area (Å²) >= 11 is 0. The van der Waals surface area contributed by atoms with Gasteiger partial charge in [0.1, 0.15) is 0 Å². The summed E-state index contributed by atoms with van der Waals surface area (Å²) < 4.78 is 44.0. The molecule has 11 heavy (non-hydrogen) atoms. The minimum absolute atomic E-state index is 0.222. The summed E-state index contributed by atoms with van der Waals surface area (Å²) in [6, 6.07) is 0.110. The van der Waals surface area contributed by atoms with Crippen LogP contribution in [-0.2, 0) is 9.05 Å². The normalized spacial score (nSPS) is 15.3. The van der Waals surface area contributed by atoms with Gasteiger partial charge in [-0.1, -0.05) is 17.7 Å². The van der Waals surface area contributed by atoms with Crippen LogP contribution in [0, 0.1) is 6.92 Å². The van der Waals surface area contributed by atoms with Crippen molar-refractivity contribution in [3.8, 4) is 0 Å². The summed E-state index contributed by atoms with van der Waals surface area (Å²) in [5.41, 5.74) is 0.379. The molecule has 0 radical (unpaired) electrons. The standard InChI is InChI=1S/C7H7ClO2S/c1-6-2-4-7(5-3-6)11(8,9)10/h2-5H,1H3/i2D,4D,5D. The lowest BCUT2D eigenvalue weighted by Gasteiger charge is -1.94. The number of hydrogen-bond acceptors (Lipinski definition) is 2. The van der Waals surface area contributed by atoms with E-state index < -0.39 is 20.0 Å². The third kappa shape index (κ3) is 2.20. The van der Waals surface area contributed by atoms with E-state index in [0.29, 0.717) is 5.56 Å². The number of rotatable bonds is 1. The molecule has 2 nitrogen and oxygen atoms in total. The summed E-state index contributed by atoms with van der Waals surface area (Å²) in [4.78, 5) is -0.602. The van der Waals surface area contributed by atoms with Crippen LogP contribution in [0.15, 0.2) is 29.1 Å². The molecule has 4 heteroatoms. The molecule has 0 spiro atoms. The van der Waals surface area contributed by atoms with Crippen LogP contribution in [0.4, 0.5) is 0 Å². The van der Waals surface area contributed by atoms with Crippen LogP contribution in [0.25, 0.3) is 0 Å². The largest absolute Gasteiger partial charge is 0.261 e. The maximum absolute atomic E-state index is 11.0. The minimum Gasteiger partial charge on any atom is -0.207 e. The van der Waals surface area contributed by atoms with Gasteiger partial charge in [0.15, 0.2) is 0 Å². The Kier molecular flexibility index (Phi) is 1.33. The van der Waals surface area contributed by atoms with Crippen molar-refractivity contribution < 1.29 is 12.5 Å². The fourth-order valence-corrected chi connectivity index (χ4v) is 1.15. The molecule has 0 aliphatic heterocycles. The Labute approximate surface area is 74.4 Å². The summed E-state index contributed by atoms with van der Waals surface area (Å²) in [6.45, 7) is 1.53. The van der Waals surface area contributed by atoms with Crippen molar-refractivity contribution in [2.45, 2.75) is 11.8 Å². The van der Waals surface area contributed by atoms with Crippen molar-refractivity contribution in [3.05, 3.63) is 29.8 Å². The van der Waals surface area contributed by atoms with Crippen LogP contribution in [0.2, 0.25) is 0 Å². The van der Waals surface area contributed by atoms with Crippen LogP contribution < -0.4 is 0 Å². The van der Waals surface area contributed by atoms with Gasteiger partial charge in [0.25, 0.3) is 9.05 Å². The van der Waals surface area contributed by atoms with E-state index in [4.69, 9.17) is 14.8 Å². The third-order valence-corrected chi connectivity index (χ3v) is 2.21. The quantitative estimate of drug-likeness (QED) is 0.639. The van der Waals surface area contributed by atoms with E-state index in [2.05, 4.69) is 0 Å². The Balaban J connectivity index is 3.70. The molecule has 0 aromatic heterocycles. The highest BCUT2D eigenvalue weighted by Gasteiger charge is 2.07. The molecular weight excluding hydrogens is 184 g/mol. The molecule has 0 unspecified atom stereocenters. The lowest BCUT2D eigenvalue weighted by atomic mass is 10.2. The topological polar surface area (TPSA) is 34.1 Å². The number of halogens is 1. The van der Waals surface area contributed by atoms with Crippen molar-refractivity contribution in [2.75, 3.05) is 0 Å². The fourth-order valence-electron chi connectivity index (χ4n) is 0.533. The van der Waals surface area contributed by atoms with Crippen molar-refractivity contribution in [1.29, 1.82) is 0 Å². The molecular formula is C7H7ClO2S. The summed E-state index contributed by atoms with van der Waals surface area (Å²) in [6.07, 6.45) is 0. The smallest absolute Gasteiger partial charge is 0.207 e. The molecule has 0 bridgehead atoms. The number of aryl methyl sites for hydroxylation is 1. The van der Waals surface area contributed by atoms with Crippen LogP contribution in [0.5, 0.6) is 0 Å². The van der Waals surface area contributed by atoms with Crippen molar-refractivity contribution in [2.24, 2.45) is 0 Å². The van der Waals surface area contributed by atoms with Gasteiger partial charge in [-0.2, -0.15) is 0 Å². The van der Waals surface area contributed by atoms with Crippen molar-refractivity contribution in [1.82, 2.24) is 0 Å². The summed E-state index contributed by atoms with van der Waals surface area (Å²) in [7, 11) is 0.916. The Morgan fingerprint density at radius 1 is 1.45 bits per heavy atom. The van der Waals surface area contributed by atoms with E-state index in [0.717, 1.165) is 0 Å². The van der Waals surface area contributed by atoms with Crippen molar-refractivity contribution >= 4 is 19.7 Å². The van der Waals surface area contributed by atoms with E-state index in [1.165, 1.54) is 13.0 Å². The van der Waals surface area contributed by atoms with Gasteiger partial charge in [-0.3, -0.25) is 0 Å². The lowest BCUT2D eigenvalue weighted by Crippen LogP contribution is -1.89. The molecule has 0 fully saturated rings. The zero-order chi connectivity index (χ0) is 11.1. The molecule has 0 amide bonds. The van der Waals surface area contributed by atoms with Gasteiger partial charge in [-0.05, 0) is 19.0 Å². The molecule has 0 aliphatic rings. The monoisotopic (exact) mass is 193 g/mol. The first-order valence-electron chi connectivity index (χ1n) is 4.27. The lowest BCUT2D eigenvalue weighted by molar-refractivity contribution is 0.609. The molecule has 0 aliphatic carbocycles. The maximum Gasteiger partial charge on any atom is 0.261 e. The SMILES string of the molecule is [2H]c1cc(C)c([2H])c([2H])c1S(=O)(=O)Cl. The first-order valence-corrected chi connectivity index (χ1v) is 5.08. The predicted molar refractivity (Wildman–Crippen MR) is 44.2 cm³/mol. The molecule has 1 rings (SSSR count). The van der Waals surface area contributed by atoms with E-state index in [-0.39, 0.29) is 12.1 Å². The highest BCUT2D eigenvalue weighted by atomic mass is 35.7. The number of hydrogen-bond donors (Lipinski definition) is 0. The molecule has 0 saturated heterocycles. The predicted octanol–water partition coefficient (Wildman–Crippen LogP) is 1.92. The van der Waals surface area contributed by atoms with Gasteiger partial charge in [0.2, 0.25) is 0 Å². The van der Waals surface area contributed by atoms with Gasteiger partial charge in [0, 0.05) is 10.7 Å². The number of benzene rings is 1. The molecule has 0 atom stereocenters. The Morgan fingerprint density at radius 2 is 2.09 bits per heavy atom. The van der Waals surface area contributed by atoms with Crippen molar-refractivity contribution in [3.63, 3.8) is 0 Å². The Bertz CT molecular complexity index is 484. The van der Waals surface area contributed by atoms with Crippen LogP contribution >= 0.6 is 10.7 Å². The molecule has 0 N–H and O–H groups in total. The van der Waals surface area contributed by atoms with E-state index in [1.807, 2.05) is 0 Å². The maximum atomic E-state index is 11.0. The zero-order valence-electron chi connectivity index (χ0n) is 8.68. The van der Waals surface area contributed by atoms with E-state index in [9.17, 15) is 8.42 Å². The van der Waals surface area contributed by atoms with Crippen LogP contribution in [-0.4, -0.2) is 8.42 Å². The van der Waals surface area contributed by atoms with Gasteiger partial charge < -0.3 is 0 Å². The van der Waals surface area contributed by atoms with Crippen LogP contribution in [0.1, 0.15) is 9.68 Å². The van der Waals surface area contributed by atoms with Gasteiger partial charge >= 0.3 is 0 Å². The second-order valence-corrected chi connectivity index (χ2v) is 4.49.